The number of rotatable bonds is 11. The third-order valence-electron chi connectivity index (χ3n) is 3.39. The van der Waals surface area contributed by atoms with Crippen molar-refractivity contribution in [2.75, 3.05) is 39.8 Å². The van der Waals surface area contributed by atoms with Gasteiger partial charge in [-0.15, -0.1) is 0 Å². The number of anilines is 1. The highest BCUT2D eigenvalue weighted by Gasteiger charge is 2.19. The molecule has 0 heterocycles. The van der Waals surface area contributed by atoms with E-state index in [2.05, 4.69) is 5.32 Å². The molecular weight excluding hydrogens is 316 g/mol. The maximum atomic E-state index is 12.1. The number of aliphatic carboxylic acids is 1. The molecule has 0 unspecified atom stereocenters. The lowest BCUT2D eigenvalue weighted by Gasteiger charge is -2.17. The van der Waals surface area contributed by atoms with Crippen molar-refractivity contribution < 1.29 is 34.2 Å². The Morgan fingerprint density at radius 2 is 2.00 bits per heavy atom. The smallest absolute Gasteiger partial charge is 0.230 e. The highest BCUT2D eigenvalue weighted by Crippen LogP contribution is 2.29. The van der Waals surface area contributed by atoms with E-state index in [1.807, 2.05) is 0 Å². The van der Waals surface area contributed by atoms with Gasteiger partial charge in [0, 0.05) is 19.6 Å². The fraction of sp³-hybridized carbons (Fsp3) is 0.500. The van der Waals surface area contributed by atoms with Gasteiger partial charge in [0.15, 0.2) is 0 Å². The molecular formula is C16H24N2O6. The lowest BCUT2D eigenvalue weighted by molar-refractivity contribution is -0.682. The predicted molar refractivity (Wildman–Crippen MR) is 84.9 cm³/mol. The van der Waals surface area contributed by atoms with Crippen LogP contribution in [-0.4, -0.2) is 52.4 Å². The molecule has 0 aromatic heterocycles. The molecule has 0 fully saturated rings. The number of benzene rings is 1. The van der Waals surface area contributed by atoms with Crippen molar-refractivity contribution in [2.24, 2.45) is 0 Å². The summed E-state index contributed by atoms with van der Waals surface area (Å²) >= 11 is 0. The quantitative estimate of drug-likeness (QED) is 0.487. The number of amides is 1. The predicted octanol–water partition coefficient (Wildman–Crippen LogP) is -1.25. The number of methoxy groups -OCH3 is 3. The largest absolute Gasteiger partial charge is 0.544 e. The van der Waals surface area contributed by atoms with Crippen LogP contribution in [0, 0.1) is 0 Å². The van der Waals surface area contributed by atoms with E-state index in [-0.39, 0.29) is 6.42 Å². The van der Waals surface area contributed by atoms with Gasteiger partial charge in [0.1, 0.15) is 17.5 Å². The zero-order valence-corrected chi connectivity index (χ0v) is 14.2. The molecule has 0 aliphatic carbocycles. The molecule has 1 atom stereocenters. The molecule has 134 valence electrons. The summed E-state index contributed by atoms with van der Waals surface area (Å²) in [4.78, 5) is 23.3. The molecule has 0 saturated heterocycles. The van der Waals surface area contributed by atoms with Gasteiger partial charge in [-0.2, -0.15) is 0 Å². The van der Waals surface area contributed by atoms with E-state index in [4.69, 9.17) is 14.2 Å². The van der Waals surface area contributed by atoms with Gasteiger partial charge in [-0.25, -0.2) is 0 Å². The monoisotopic (exact) mass is 340 g/mol. The first-order valence-electron chi connectivity index (χ1n) is 7.56. The first-order valence-corrected chi connectivity index (χ1v) is 7.56. The van der Waals surface area contributed by atoms with Crippen LogP contribution in [0.4, 0.5) is 5.69 Å². The number of carbonyl (C=O) groups is 2. The van der Waals surface area contributed by atoms with Crippen LogP contribution in [0.5, 0.6) is 11.5 Å². The number of nitrogens with one attached hydrogen (secondary N) is 1. The minimum atomic E-state index is -1.27. The Kier molecular flexibility index (Phi) is 8.59. The van der Waals surface area contributed by atoms with Gasteiger partial charge in [0.2, 0.25) is 5.91 Å². The Morgan fingerprint density at radius 1 is 1.25 bits per heavy atom. The fourth-order valence-corrected chi connectivity index (χ4v) is 2.11. The van der Waals surface area contributed by atoms with Crippen LogP contribution in [0.2, 0.25) is 0 Å². The summed E-state index contributed by atoms with van der Waals surface area (Å²) in [6.07, 6.45) is 0.485. The lowest BCUT2D eigenvalue weighted by atomic mass is 10.2. The first-order chi connectivity index (χ1) is 11.5. The Morgan fingerprint density at radius 3 is 2.58 bits per heavy atom. The second kappa shape index (κ2) is 10.5. The van der Waals surface area contributed by atoms with Gasteiger partial charge in [-0.1, -0.05) is 0 Å². The van der Waals surface area contributed by atoms with E-state index in [0.29, 0.717) is 36.8 Å². The summed E-state index contributed by atoms with van der Waals surface area (Å²) in [5.74, 6) is -0.694. The Bertz CT molecular complexity index is 549. The summed E-state index contributed by atoms with van der Waals surface area (Å²) in [5, 5.41) is 15.4. The number of hydrogen-bond donors (Lipinski definition) is 2. The third-order valence-corrected chi connectivity index (χ3v) is 3.39. The summed E-state index contributed by atoms with van der Waals surface area (Å²) in [6, 6.07) is 3.98. The Labute approximate surface area is 141 Å². The van der Waals surface area contributed by atoms with Crippen molar-refractivity contribution in [1.82, 2.24) is 0 Å². The number of carboxylic acids is 1. The maximum Gasteiger partial charge on any atom is 0.230 e. The van der Waals surface area contributed by atoms with Crippen LogP contribution < -0.4 is 25.2 Å². The normalized spacial score (nSPS) is 11.6. The topological polar surface area (TPSA) is 114 Å². The molecule has 0 radical (unpaired) electrons. The van der Waals surface area contributed by atoms with Crippen molar-refractivity contribution in [1.29, 1.82) is 0 Å². The van der Waals surface area contributed by atoms with Crippen molar-refractivity contribution in [3.05, 3.63) is 18.2 Å². The summed E-state index contributed by atoms with van der Waals surface area (Å²) in [7, 11) is 4.57. The zero-order valence-electron chi connectivity index (χ0n) is 14.2. The average molecular weight is 340 g/mol. The Balaban J connectivity index is 2.63. The van der Waals surface area contributed by atoms with E-state index in [1.165, 1.54) is 14.2 Å². The van der Waals surface area contributed by atoms with Crippen LogP contribution >= 0.6 is 0 Å². The van der Waals surface area contributed by atoms with Crippen molar-refractivity contribution in [3.8, 4) is 11.5 Å². The first kappa shape index (κ1) is 19.7. The van der Waals surface area contributed by atoms with Crippen LogP contribution in [0.1, 0.15) is 12.8 Å². The number of quaternary nitrogens is 1. The number of nitrogens with two attached hydrogens (primary N) is 1. The molecule has 8 nitrogen and oxygen atoms in total. The van der Waals surface area contributed by atoms with Crippen molar-refractivity contribution >= 4 is 17.6 Å². The van der Waals surface area contributed by atoms with Crippen molar-refractivity contribution in [2.45, 2.75) is 18.9 Å². The van der Waals surface area contributed by atoms with E-state index < -0.39 is 17.9 Å². The van der Waals surface area contributed by atoms with E-state index in [9.17, 15) is 14.7 Å². The van der Waals surface area contributed by atoms with Crippen molar-refractivity contribution in [3.63, 3.8) is 0 Å². The third kappa shape index (κ3) is 6.43. The van der Waals surface area contributed by atoms with Crippen LogP contribution in [0.3, 0.4) is 0 Å². The fourth-order valence-electron chi connectivity index (χ4n) is 2.11. The number of carboxylic acid groups (broad SMARTS) is 1. The van der Waals surface area contributed by atoms with Gasteiger partial charge >= 0.3 is 0 Å². The zero-order chi connectivity index (χ0) is 17.9. The van der Waals surface area contributed by atoms with Gasteiger partial charge in [-0.05, 0) is 12.1 Å². The van der Waals surface area contributed by atoms with E-state index in [1.54, 1.807) is 30.6 Å². The molecule has 0 aliphatic rings. The minimum absolute atomic E-state index is 0.204. The number of hydrogen-bond acceptors (Lipinski definition) is 6. The minimum Gasteiger partial charge on any atom is -0.544 e. The highest BCUT2D eigenvalue weighted by atomic mass is 16.5. The molecule has 0 aliphatic heterocycles. The molecule has 0 bridgehead atoms. The maximum absolute atomic E-state index is 12.1. The summed E-state index contributed by atoms with van der Waals surface area (Å²) in [6.45, 7) is 1.07. The average Bonchev–Trinajstić information content (AvgIpc) is 2.57. The molecule has 0 saturated carbocycles. The molecule has 1 aromatic carbocycles. The second-order valence-corrected chi connectivity index (χ2v) is 5.11. The Hall–Kier alpha value is -2.32. The molecule has 1 rings (SSSR count). The molecule has 1 aromatic rings. The molecule has 8 heteroatoms. The standard InChI is InChI=1S/C16H24N2O6/c1-22-8-4-7-17-13(16(20)21)10-15(19)18-12-6-5-11(23-2)9-14(12)24-3/h5-6,9,13,17H,4,7-8,10H2,1-3H3,(H,18,19)(H,20,21)/t13-/m1/s1. The molecule has 1 amide bonds. The molecule has 24 heavy (non-hydrogen) atoms. The van der Waals surface area contributed by atoms with Gasteiger partial charge in [0.05, 0.1) is 45.4 Å². The van der Waals surface area contributed by atoms with Crippen LogP contribution in [-0.2, 0) is 14.3 Å². The summed E-state index contributed by atoms with van der Waals surface area (Å²) in [5.41, 5.74) is 0.444. The number of carbonyl (C=O) groups excluding carboxylic acids is 2. The summed E-state index contributed by atoms with van der Waals surface area (Å²) < 4.78 is 15.2. The second-order valence-electron chi connectivity index (χ2n) is 5.11. The van der Waals surface area contributed by atoms with Gasteiger partial charge < -0.3 is 34.7 Å². The number of ether oxygens (including phenoxy) is 3. The lowest BCUT2D eigenvalue weighted by Crippen LogP contribution is -2.93. The molecule has 0 spiro atoms. The van der Waals surface area contributed by atoms with E-state index in [0.717, 1.165) is 0 Å². The van der Waals surface area contributed by atoms with Gasteiger partial charge in [-0.3, -0.25) is 4.79 Å². The SMILES string of the molecule is COCCC[NH2+][C@H](CC(=O)Nc1ccc(OC)cc1OC)C(=O)[O-]. The van der Waals surface area contributed by atoms with Crippen LogP contribution in [0.15, 0.2) is 18.2 Å². The molecule has 3 N–H and O–H groups in total. The van der Waals surface area contributed by atoms with Gasteiger partial charge in [0.25, 0.3) is 0 Å². The van der Waals surface area contributed by atoms with Crippen LogP contribution in [0.25, 0.3) is 0 Å². The highest BCUT2D eigenvalue weighted by molar-refractivity contribution is 5.94. The van der Waals surface area contributed by atoms with E-state index >= 15 is 0 Å².